The first-order chi connectivity index (χ1) is 10.2. The summed E-state index contributed by atoms with van der Waals surface area (Å²) in [6, 6.07) is 15.4. The number of halogens is 1. The Bertz CT molecular complexity index is 720. The molecular weight excluding hydrogens is 286 g/mol. The van der Waals surface area contributed by atoms with Gasteiger partial charge in [-0.25, -0.2) is 0 Å². The molecule has 0 radical (unpaired) electrons. The number of nitrogens with two attached hydrogens (primary N) is 1. The predicted octanol–water partition coefficient (Wildman–Crippen LogP) is 3.44. The van der Waals surface area contributed by atoms with Crippen molar-refractivity contribution in [1.82, 2.24) is 10.1 Å². The Morgan fingerprint density at radius 2 is 1.62 bits per heavy atom. The molecule has 0 fully saturated rings. The van der Waals surface area contributed by atoms with Gasteiger partial charge in [0.2, 0.25) is 0 Å². The molecule has 0 aliphatic rings. The lowest BCUT2D eigenvalue weighted by atomic mass is 10.1. The van der Waals surface area contributed by atoms with Gasteiger partial charge in [-0.1, -0.05) is 41.0 Å². The number of rotatable bonds is 4. The molecule has 2 aromatic carbocycles. The van der Waals surface area contributed by atoms with Crippen molar-refractivity contribution in [2.75, 3.05) is 0 Å². The minimum atomic E-state index is 0.516. The highest BCUT2D eigenvalue weighted by atomic mass is 35.5. The van der Waals surface area contributed by atoms with Gasteiger partial charge < -0.3 is 10.3 Å². The van der Waals surface area contributed by atoms with Crippen LogP contribution in [0.2, 0.25) is 5.02 Å². The second-order valence-electron chi connectivity index (χ2n) is 4.72. The van der Waals surface area contributed by atoms with Crippen LogP contribution in [0.1, 0.15) is 17.0 Å². The quantitative estimate of drug-likeness (QED) is 0.801. The van der Waals surface area contributed by atoms with E-state index in [2.05, 4.69) is 10.1 Å². The number of hydrogen-bond acceptors (Lipinski definition) is 4. The maximum Gasteiger partial charge on any atom is 0.257 e. The Morgan fingerprint density at radius 3 is 2.29 bits per heavy atom. The molecule has 21 heavy (non-hydrogen) atoms. The van der Waals surface area contributed by atoms with Crippen LogP contribution in [0.25, 0.3) is 11.5 Å². The fourth-order valence-electron chi connectivity index (χ4n) is 2.01. The maximum absolute atomic E-state index is 5.86. The molecule has 4 nitrogen and oxygen atoms in total. The van der Waals surface area contributed by atoms with Crippen LogP contribution >= 0.6 is 11.6 Å². The van der Waals surface area contributed by atoms with Crippen molar-refractivity contribution in [2.24, 2.45) is 5.73 Å². The average Bonchev–Trinajstić information content (AvgIpc) is 2.98. The zero-order valence-corrected chi connectivity index (χ0v) is 12.0. The highest BCUT2D eigenvalue weighted by Gasteiger charge is 2.09. The van der Waals surface area contributed by atoms with Crippen molar-refractivity contribution in [3.63, 3.8) is 0 Å². The third-order valence-electron chi connectivity index (χ3n) is 3.18. The zero-order chi connectivity index (χ0) is 14.7. The van der Waals surface area contributed by atoms with Gasteiger partial charge in [-0.05, 0) is 35.4 Å². The Morgan fingerprint density at radius 1 is 0.952 bits per heavy atom. The second kappa shape index (κ2) is 6.08. The third-order valence-corrected chi connectivity index (χ3v) is 3.43. The zero-order valence-electron chi connectivity index (χ0n) is 11.3. The summed E-state index contributed by atoms with van der Waals surface area (Å²) in [5, 5.41) is 4.72. The summed E-state index contributed by atoms with van der Waals surface area (Å²) in [6.45, 7) is 0.520. The van der Waals surface area contributed by atoms with Gasteiger partial charge in [0.05, 0.1) is 0 Å². The summed E-state index contributed by atoms with van der Waals surface area (Å²) in [4.78, 5) is 4.41. The van der Waals surface area contributed by atoms with Crippen molar-refractivity contribution in [1.29, 1.82) is 0 Å². The molecule has 0 aliphatic heterocycles. The van der Waals surface area contributed by atoms with Gasteiger partial charge in [0.25, 0.3) is 5.89 Å². The van der Waals surface area contributed by atoms with Gasteiger partial charge in [-0.3, -0.25) is 0 Å². The first-order valence-electron chi connectivity index (χ1n) is 6.61. The Labute approximate surface area is 127 Å². The summed E-state index contributed by atoms with van der Waals surface area (Å²) in [7, 11) is 0. The van der Waals surface area contributed by atoms with E-state index in [-0.39, 0.29) is 0 Å². The fraction of sp³-hybridized carbons (Fsp3) is 0.125. The Balaban J connectivity index is 1.77. The largest absolute Gasteiger partial charge is 0.334 e. The molecule has 2 N–H and O–H groups in total. The monoisotopic (exact) mass is 299 g/mol. The lowest BCUT2D eigenvalue weighted by Gasteiger charge is -1.97. The van der Waals surface area contributed by atoms with Crippen LogP contribution in [0.3, 0.4) is 0 Å². The molecule has 0 saturated carbocycles. The molecule has 0 aliphatic carbocycles. The first-order valence-corrected chi connectivity index (χ1v) is 6.99. The van der Waals surface area contributed by atoms with Gasteiger partial charge in [0, 0.05) is 23.6 Å². The van der Waals surface area contributed by atoms with Crippen LogP contribution in [0, 0.1) is 0 Å². The molecule has 1 heterocycles. The molecule has 0 unspecified atom stereocenters. The number of hydrogen-bond donors (Lipinski definition) is 1. The minimum absolute atomic E-state index is 0.516. The normalized spacial score (nSPS) is 10.8. The summed E-state index contributed by atoms with van der Waals surface area (Å²) < 4.78 is 5.30. The van der Waals surface area contributed by atoms with E-state index < -0.39 is 0 Å². The van der Waals surface area contributed by atoms with Crippen LogP contribution < -0.4 is 5.73 Å². The van der Waals surface area contributed by atoms with E-state index in [9.17, 15) is 0 Å². The summed E-state index contributed by atoms with van der Waals surface area (Å²) in [5.74, 6) is 1.16. The number of aromatic nitrogens is 2. The smallest absolute Gasteiger partial charge is 0.257 e. The highest BCUT2D eigenvalue weighted by Crippen LogP contribution is 2.19. The van der Waals surface area contributed by atoms with E-state index >= 15 is 0 Å². The Kier molecular flexibility index (Phi) is 3.99. The van der Waals surface area contributed by atoms with E-state index in [4.69, 9.17) is 21.9 Å². The second-order valence-corrected chi connectivity index (χ2v) is 5.16. The van der Waals surface area contributed by atoms with Gasteiger partial charge in [-0.15, -0.1) is 0 Å². The number of benzene rings is 2. The first kappa shape index (κ1) is 13.8. The molecule has 1 aromatic heterocycles. The standard InChI is InChI=1S/C16H14ClN3O/c17-14-7-3-11(4-8-14)9-15-19-16(21-20-15)13-5-1-12(10-18)2-6-13/h1-8H,9-10,18H2. The molecule has 106 valence electrons. The molecule has 0 bridgehead atoms. The van der Waals surface area contributed by atoms with Crippen LogP contribution in [-0.4, -0.2) is 10.1 Å². The van der Waals surface area contributed by atoms with Gasteiger partial charge >= 0.3 is 0 Å². The summed E-state index contributed by atoms with van der Waals surface area (Å²) in [6.07, 6.45) is 0.613. The summed E-state index contributed by atoms with van der Waals surface area (Å²) >= 11 is 5.86. The van der Waals surface area contributed by atoms with Crippen molar-refractivity contribution in [3.8, 4) is 11.5 Å². The molecule has 0 amide bonds. The van der Waals surface area contributed by atoms with Crippen molar-refractivity contribution >= 4 is 11.6 Å². The molecule has 3 rings (SSSR count). The predicted molar refractivity (Wildman–Crippen MR) is 81.9 cm³/mol. The average molecular weight is 300 g/mol. The molecule has 0 saturated heterocycles. The van der Waals surface area contributed by atoms with Crippen LogP contribution in [-0.2, 0) is 13.0 Å². The van der Waals surface area contributed by atoms with E-state index in [1.165, 1.54) is 0 Å². The summed E-state index contributed by atoms with van der Waals surface area (Å²) in [5.41, 5.74) is 8.63. The van der Waals surface area contributed by atoms with E-state index in [0.717, 1.165) is 16.7 Å². The molecule has 3 aromatic rings. The highest BCUT2D eigenvalue weighted by molar-refractivity contribution is 6.30. The SMILES string of the molecule is NCc1ccc(-c2nc(Cc3ccc(Cl)cc3)no2)cc1. The Hall–Kier alpha value is -2.17. The molecule has 5 heteroatoms. The van der Waals surface area contributed by atoms with Crippen LogP contribution in [0.5, 0.6) is 0 Å². The lowest BCUT2D eigenvalue weighted by molar-refractivity contribution is 0.424. The topological polar surface area (TPSA) is 64.9 Å². The van der Waals surface area contributed by atoms with Gasteiger partial charge in [-0.2, -0.15) is 4.98 Å². The maximum atomic E-state index is 5.86. The third kappa shape index (κ3) is 3.29. The molecule has 0 spiro atoms. The van der Waals surface area contributed by atoms with Crippen molar-refractivity contribution < 1.29 is 4.52 Å². The van der Waals surface area contributed by atoms with Gasteiger partial charge in [0.15, 0.2) is 5.82 Å². The minimum Gasteiger partial charge on any atom is -0.334 e. The van der Waals surface area contributed by atoms with Crippen LogP contribution in [0.15, 0.2) is 53.1 Å². The van der Waals surface area contributed by atoms with Gasteiger partial charge in [0.1, 0.15) is 0 Å². The number of nitrogens with zero attached hydrogens (tertiary/aromatic N) is 2. The van der Waals surface area contributed by atoms with E-state index in [0.29, 0.717) is 29.7 Å². The lowest BCUT2D eigenvalue weighted by Crippen LogP contribution is -1.95. The van der Waals surface area contributed by atoms with E-state index in [1.54, 1.807) is 0 Å². The van der Waals surface area contributed by atoms with Crippen LogP contribution in [0.4, 0.5) is 0 Å². The molecular formula is C16H14ClN3O. The van der Waals surface area contributed by atoms with E-state index in [1.807, 2.05) is 48.5 Å². The fourth-order valence-corrected chi connectivity index (χ4v) is 2.14. The van der Waals surface area contributed by atoms with Crippen molar-refractivity contribution in [2.45, 2.75) is 13.0 Å². The van der Waals surface area contributed by atoms with Crippen molar-refractivity contribution in [3.05, 3.63) is 70.5 Å². The molecule has 0 atom stereocenters.